The minimum absolute atomic E-state index is 0.0307. The second-order valence-corrected chi connectivity index (χ2v) is 8.47. The van der Waals surface area contributed by atoms with Crippen molar-refractivity contribution < 1.29 is 32.3 Å². The second kappa shape index (κ2) is 10.0. The molecule has 1 aliphatic heterocycles. The maximum absolute atomic E-state index is 14.4. The van der Waals surface area contributed by atoms with Crippen molar-refractivity contribution in [1.82, 2.24) is 14.9 Å². The molecule has 1 aliphatic rings. The molecule has 6 nitrogen and oxygen atoms in total. The highest BCUT2D eigenvalue weighted by Gasteiger charge is 2.33. The van der Waals surface area contributed by atoms with E-state index < -0.39 is 23.8 Å². The second-order valence-electron chi connectivity index (χ2n) is 6.95. The zero-order valence-corrected chi connectivity index (χ0v) is 18.7. The predicted octanol–water partition coefficient (Wildman–Crippen LogP) is 5.24. The normalized spacial score (nSPS) is 15.0. The molecule has 32 heavy (non-hydrogen) atoms. The Morgan fingerprint density at radius 2 is 1.97 bits per heavy atom. The van der Waals surface area contributed by atoms with E-state index in [1.807, 2.05) is 4.90 Å². The standard InChI is InChI=1S/C19H17Cl2F4N3O3S/c1-32-28(30)26-18(29)13-6-14(20)11(5-16(13)22)7-27-8-12(9-27)10-2-3-17(15(21)4-10)31-19(23,24)25/h2-6,12,30H,7-9H2,1H3,(H,26,29). The highest BCUT2D eigenvalue weighted by Crippen LogP contribution is 2.36. The number of ether oxygens (including phenoxy) is 1. The Labute approximate surface area is 195 Å². The fraction of sp³-hybridized carbons (Fsp3) is 0.316. The van der Waals surface area contributed by atoms with E-state index in [9.17, 15) is 27.6 Å². The number of hydrazine groups is 1. The molecule has 3 rings (SSSR count). The molecule has 0 unspecified atom stereocenters. The van der Waals surface area contributed by atoms with Gasteiger partial charge in [-0.3, -0.25) is 20.3 Å². The number of carbonyl (C=O) groups is 1. The van der Waals surface area contributed by atoms with Crippen LogP contribution in [0.25, 0.3) is 0 Å². The van der Waals surface area contributed by atoms with E-state index in [0.29, 0.717) is 29.8 Å². The van der Waals surface area contributed by atoms with Crippen LogP contribution in [-0.2, 0) is 6.54 Å². The van der Waals surface area contributed by atoms with Gasteiger partial charge in [0.1, 0.15) is 11.6 Å². The Kier molecular flexibility index (Phi) is 7.79. The van der Waals surface area contributed by atoms with Crippen LogP contribution >= 0.6 is 35.1 Å². The zero-order valence-electron chi connectivity index (χ0n) is 16.4. The fourth-order valence-corrected chi connectivity index (χ4v) is 3.83. The average molecular weight is 514 g/mol. The first kappa shape index (κ1) is 24.9. The lowest BCUT2D eigenvalue weighted by Crippen LogP contribution is -2.44. The molecule has 0 aliphatic carbocycles. The molecule has 0 atom stereocenters. The third kappa shape index (κ3) is 6.18. The summed E-state index contributed by atoms with van der Waals surface area (Å²) in [4.78, 5) is 14.0. The Hall–Kier alpha value is -1.76. The summed E-state index contributed by atoms with van der Waals surface area (Å²) in [5.41, 5.74) is 2.97. The maximum Gasteiger partial charge on any atom is 0.573 e. The van der Waals surface area contributed by atoms with E-state index in [0.717, 1.165) is 23.6 Å². The number of rotatable bonds is 7. The topological polar surface area (TPSA) is 65.0 Å². The quantitative estimate of drug-likeness (QED) is 0.299. The van der Waals surface area contributed by atoms with Gasteiger partial charge >= 0.3 is 6.36 Å². The molecule has 2 aromatic carbocycles. The highest BCUT2D eigenvalue weighted by molar-refractivity contribution is 7.96. The van der Waals surface area contributed by atoms with Gasteiger partial charge in [0.05, 0.1) is 10.6 Å². The lowest BCUT2D eigenvalue weighted by Gasteiger charge is -2.40. The summed E-state index contributed by atoms with van der Waals surface area (Å²) in [5.74, 6) is -2.08. The van der Waals surface area contributed by atoms with Gasteiger partial charge in [-0.15, -0.1) is 13.2 Å². The van der Waals surface area contributed by atoms with Crippen molar-refractivity contribution in [2.75, 3.05) is 19.3 Å². The minimum atomic E-state index is -4.82. The predicted molar refractivity (Wildman–Crippen MR) is 112 cm³/mol. The van der Waals surface area contributed by atoms with Crippen LogP contribution in [0.1, 0.15) is 27.4 Å². The zero-order chi connectivity index (χ0) is 23.6. The van der Waals surface area contributed by atoms with E-state index in [1.165, 1.54) is 30.5 Å². The summed E-state index contributed by atoms with van der Waals surface area (Å²) >= 11 is 12.9. The lowest BCUT2D eigenvalue weighted by atomic mass is 9.91. The number of carbonyl (C=O) groups excluding carboxylic acids is 1. The van der Waals surface area contributed by atoms with Crippen molar-refractivity contribution in [1.29, 1.82) is 0 Å². The first-order valence-corrected chi connectivity index (χ1v) is 11.0. The Morgan fingerprint density at radius 3 is 2.56 bits per heavy atom. The maximum atomic E-state index is 14.4. The molecule has 0 aromatic heterocycles. The van der Waals surface area contributed by atoms with Crippen LogP contribution in [0.15, 0.2) is 30.3 Å². The SMILES string of the molecule is CSN(O)NC(=O)c1cc(Cl)c(CN2CC(c3ccc(OC(F)(F)F)c(Cl)c3)C2)cc1F. The van der Waals surface area contributed by atoms with Gasteiger partial charge in [0.25, 0.3) is 5.91 Å². The number of amides is 1. The van der Waals surface area contributed by atoms with Crippen molar-refractivity contribution >= 4 is 41.1 Å². The van der Waals surface area contributed by atoms with Crippen molar-refractivity contribution in [3.8, 4) is 5.75 Å². The smallest absolute Gasteiger partial charge is 0.404 e. The number of nitrogens with one attached hydrogen (secondary N) is 1. The Morgan fingerprint density at radius 1 is 1.28 bits per heavy atom. The van der Waals surface area contributed by atoms with Gasteiger partial charge in [-0.25, -0.2) is 4.39 Å². The van der Waals surface area contributed by atoms with Gasteiger partial charge in [0.2, 0.25) is 0 Å². The Bertz CT molecular complexity index is 1010. The number of nitrogens with zero attached hydrogens (tertiary/aromatic N) is 2. The van der Waals surface area contributed by atoms with Gasteiger partial charge < -0.3 is 4.74 Å². The molecule has 0 spiro atoms. The molecule has 1 saturated heterocycles. The van der Waals surface area contributed by atoms with Crippen LogP contribution in [0.5, 0.6) is 5.75 Å². The number of hydrogen-bond donors (Lipinski definition) is 2. The third-order valence-electron chi connectivity index (χ3n) is 4.75. The van der Waals surface area contributed by atoms with Crippen LogP contribution in [0.4, 0.5) is 17.6 Å². The van der Waals surface area contributed by atoms with Gasteiger partial charge in [0.15, 0.2) is 0 Å². The highest BCUT2D eigenvalue weighted by atomic mass is 35.5. The van der Waals surface area contributed by atoms with E-state index in [1.54, 1.807) is 0 Å². The first-order valence-electron chi connectivity index (χ1n) is 9.06. The number of alkyl halides is 3. The van der Waals surface area contributed by atoms with Gasteiger partial charge in [0, 0.05) is 36.8 Å². The summed E-state index contributed by atoms with van der Waals surface area (Å²) in [6.07, 6.45) is -3.32. The number of halogens is 6. The fourth-order valence-electron chi connectivity index (χ4n) is 3.21. The Balaban J connectivity index is 1.61. The van der Waals surface area contributed by atoms with Crippen molar-refractivity contribution in [2.45, 2.75) is 18.8 Å². The molecule has 0 saturated carbocycles. The van der Waals surface area contributed by atoms with Gasteiger partial charge in [-0.05, 0) is 51.9 Å². The van der Waals surface area contributed by atoms with E-state index >= 15 is 0 Å². The molecule has 1 fully saturated rings. The molecule has 1 heterocycles. The van der Waals surface area contributed by atoms with Crippen LogP contribution in [0.2, 0.25) is 10.0 Å². The molecular weight excluding hydrogens is 497 g/mol. The number of benzene rings is 2. The van der Waals surface area contributed by atoms with Gasteiger partial charge in [-0.2, -0.15) is 0 Å². The number of hydrogen-bond acceptors (Lipinski definition) is 6. The largest absolute Gasteiger partial charge is 0.573 e. The molecule has 174 valence electrons. The monoisotopic (exact) mass is 513 g/mol. The summed E-state index contributed by atoms with van der Waals surface area (Å²) < 4.78 is 55.8. The molecule has 0 bridgehead atoms. The molecule has 0 radical (unpaired) electrons. The summed E-state index contributed by atoms with van der Waals surface area (Å²) in [5, 5.41) is 9.35. The van der Waals surface area contributed by atoms with Crippen LogP contribution in [0, 0.1) is 5.82 Å². The van der Waals surface area contributed by atoms with Crippen molar-refractivity contribution in [2.24, 2.45) is 0 Å². The van der Waals surface area contributed by atoms with Crippen molar-refractivity contribution in [3.63, 3.8) is 0 Å². The minimum Gasteiger partial charge on any atom is -0.404 e. The molecule has 2 aromatic rings. The van der Waals surface area contributed by atoms with E-state index in [-0.39, 0.29) is 21.5 Å². The molecular formula is C19H17Cl2F4N3O3S. The molecule has 2 N–H and O–H groups in total. The average Bonchev–Trinajstić information content (AvgIpc) is 2.67. The first-order chi connectivity index (χ1) is 15.0. The summed E-state index contributed by atoms with van der Waals surface area (Å²) in [7, 11) is 0. The van der Waals surface area contributed by atoms with Gasteiger partial charge in [-0.1, -0.05) is 29.3 Å². The van der Waals surface area contributed by atoms with Crippen LogP contribution in [0.3, 0.4) is 0 Å². The molecule has 1 amide bonds. The summed E-state index contributed by atoms with van der Waals surface area (Å²) in [6, 6.07) is 6.48. The van der Waals surface area contributed by atoms with E-state index in [2.05, 4.69) is 10.2 Å². The van der Waals surface area contributed by atoms with Crippen molar-refractivity contribution in [3.05, 3.63) is 62.9 Å². The summed E-state index contributed by atoms with van der Waals surface area (Å²) in [6.45, 7) is 1.43. The number of likely N-dealkylation sites (tertiary alicyclic amines) is 1. The lowest BCUT2D eigenvalue weighted by molar-refractivity contribution is -0.274. The van der Waals surface area contributed by atoms with Crippen LogP contribution < -0.4 is 10.2 Å². The van der Waals surface area contributed by atoms with E-state index in [4.69, 9.17) is 23.2 Å². The van der Waals surface area contributed by atoms with Crippen LogP contribution in [-0.4, -0.2) is 46.3 Å². The molecule has 13 heteroatoms. The third-order valence-corrected chi connectivity index (χ3v) is 5.84.